The van der Waals surface area contributed by atoms with Crippen LogP contribution in [0.25, 0.3) is 0 Å². The predicted octanol–water partition coefficient (Wildman–Crippen LogP) is -0.167. The molecule has 0 amide bonds. The van der Waals surface area contributed by atoms with E-state index in [2.05, 4.69) is 5.10 Å². The van der Waals surface area contributed by atoms with Crippen molar-refractivity contribution in [1.29, 1.82) is 0 Å². The third-order valence-electron chi connectivity index (χ3n) is 2.25. The molecule has 102 valence electrons. The van der Waals surface area contributed by atoms with Crippen molar-refractivity contribution >= 4 is 21.6 Å². The summed E-state index contributed by atoms with van der Waals surface area (Å²) in [4.78, 5) is 11.3. The molecule has 0 bridgehead atoms. The number of carbonyl (C=O) groups excluding carboxylic acids is 1. The Morgan fingerprint density at radius 3 is 2.83 bits per heavy atom. The molecule has 0 fully saturated rings. The lowest BCUT2D eigenvalue weighted by Crippen LogP contribution is -2.17. The highest BCUT2D eigenvalue weighted by atomic mass is 32.2. The largest absolute Gasteiger partial charge is 0.464 e. The lowest BCUT2D eigenvalue weighted by Gasteiger charge is -2.05. The third-order valence-corrected chi connectivity index (χ3v) is 4.05. The second-order valence-corrected chi connectivity index (χ2v) is 6.22. The fourth-order valence-electron chi connectivity index (χ4n) is 1.25. The van der Waals surface area contributed by atoms with E-state index >= 15 is 0 Å². The highest BCUT2D eigenvalue weighted by Crippen LogP contribution is 1.98. The van der Waals surface area contributed by atoms with Crippen LogP contribution in [-0.4, -0.2) is 42.3 Å². The summed E-state index contributed by atoms with van der Waals surface area (Å²) in [6.45, 7) is 1.65. The number of hydrogen-bond donors (Lipinski definition) is 1. The highest BCUT2D eigenvalue weighted by Gasteiger charge is 2.09. The molecule has 0 atom stereocenters. The maximum absolute atomic E-state index is 11.3. The maximum atomic E-state index is 11.3. The summed E-state index contributed by atoms with van der Waals surface area (Å²) in [7, 11) is -3.00. The van der Waals surface area contributed by atoms with E-state index in [1.54, 1.807) is 19.2 Å². The first-order valence-corrected chi connectivity index (χ1v) is 7.40. The molecule has 1 heterocycles. The smallest absolute Gasteiger partial charge is 0.327 e. The van der Waals surface area contributed by atoms with Crippen LogP contribution in [0.4, 0.5) is 5.82 Å². The molecule has 18 heavy (non-hydrogen) atoms. The van der Waals surface area contributed by atoms with Crippen LogP contribution in [0.1, 0.15) is 13.3 Å². The van der Waals surface area contributed by atoms with Gasteiger partial charge in [0, 0.05) is 11.9 Å². The van der Waals surface area contributed by atoms with Crippen LogP contribution in [0.3, 0.4) is 0 Å². The lowest BCUT2D eigenvalue weighted by molar-refractivity contribution is -0.144. The number of nitrogens with zero attached hydrogens (tertiary/aromatic N) is 2. The number of nitrogen functional groups attached to an aromatic ring is 1. The summed E-state index contributed by atoms with van der Waals surface area (Å²) in [5.74, 6) is 0.00257. The monoisotopic (exact) mass is 275 g/mol. The average Bonchev–Trinajstić information content (AvgIpc) is 2.70. The number of rotatable bonds is 7. The van der Waals surface area contributed by atoms with Gasteiger partial charge in [0.05, 0.1) is 12.4 Å². The normalized spacial score (nSPS) is 11.4. The van der Waals surface area contributed by atoms with E-state index in [0.717, 1.165) is 0 Å². The van der Waals surface area contributed by atoms with Gasteiger partial charge in [-0.15, -0.1) is 0 Å². The lowest BCUT2D eigenvalue weighted by atomic mass is 10.5. The summed E-state index contributed by atoms with van der Waals surface area (Å²) >= 11 is 0. The SMILES string of the molecule is CCS(=O)(=O)CCCOC(=O)Cn1ccc(N)n1. The van der Waals surface area contributed by atoms with E-state index in [0.29, 0.717) is 12.2 Å². The van der Waals surface area contributed by atoms with Crippen molar-refractivity contribution in [2.45, 2.75) is 19.9 Å². The van der Waals surface area contributed by atoms with E-state index in [1.165, 1.54) is 4.68 Å². The molecule has 1 aromatic rings. The molecule has 1 aromatic heterocycles. The van der Waals surface area contributed by atoms with E-state index in [4.69, 9.17) is 10.5 Å². The molecular weight excluding hydrogens is 258 g/mol. The quantitative estimate of drug-likeness (QED) is 0.547. The van der Waals surface area contributed by atoms with Gasteiger partial charge in [-0.25, -0.2) is 8.42 Å². The van der Waals surface area contributed by atoms with Crippen molar-refractivity contribution in [3.05, 3.63) is 12.3 Å². The molecule has 0 unspecified atom stereocenters. The van der Waals surface area contributed by atoms with Crippen LogP contribution in [0.2, 0.25) is 0 Å². The summed E-state index contributed by atoms with van der Waals surface area (Å²) in [5, 5.41) is 3.83. The minimum Gasteiger partial charge on any atom is -0.464 e. The number of anilines is 1. The fourth-order valence-corrected chi connectivity index (χ4v) is 2.10. The molecule has 0 spiro atoms. The van der Waals surface area contributed by atoms with Crippen molar-refractivity contribution in [3.63, 3.8) is 0 Å². The number of nitrogens with two attached hydrogens (primary N) is 1. The fraction of sp³-hybridized carbons (Fsp3) is 0.600. The van der Waals surface area contributed by atoms with Crippen LogP contribution in [0, 0.1) is 0 Å². The summed E-state index contributed by atoms with van der Waals surface area (Å²) in [6, 6.07) is 1.57. The van der Waals surface area contributed by atoms with Crippen molar-refractivity contribution in [2.75, 3.05) is 23.8 Å². The second-order valence-electron chi connectivity index (χ2n) is 3.75. The van der Waals surface area contributed by atoms with Crippen molar-refractivity contribution in [3.8, 4) is 0 Å². The Morgan fingerprint density at radius 1 is 1.56 bits per heavy atom. The van der Waals surface area contributed by atoms with Crippen LogP contribution in [-0.2, 0) is 25.9 Å². The number of hydrogen-bond acceptors (Lipinski definition) is 6. The van der Waals surface area contributed by atoms with Gasteiger partial charge in [-0.2, -0.15) is 5.10 Å². The third kappa shape index (κ3) is 5.17. The molecule has 7 nitrogen and oxygen atoms in total. The Balaban J connectivity index is 2.22. The molecule has 0 aliphatic rings. The standard InChI is InChI=1S/C10H17N3O4S/c1-2-18(15,16)7-3-6-17-10(14)8-13-5-4-9(11)12-13/h4-5H,2-3,6-8H2,1H3,(H2,11,12). The van der Waals surface area contributed by atoms with Gasteiger partial charge < -0.3 is 10.5 Å². The summed E-state index contributed by atoms with van der Waals surface area (Å²) in [5.41, 5.74) is 5.39. The first-order chi connectivity index (χ1) is 8.43. The van der Waals surface area contributed by atoms with Gasteiger partial charge in [-0.05, 0) is 12.5 Å². The molecule has 1 rings (SSSR count). The molecule has 2 N–H and O–H groups in total. The maximum Gasteiger partial charge on any atom is 0.327 e. The van der Waals surface area contributed by atoms with Gasteiger partial charge in [0.2, 0.25) is 0 Å². The van der Waals surface area contributed by atoms with E-state index in [9.17, 15) is 13.2 Å². The van der Waals surface area contributed by atoms with Gasteiger partial charge >= 0.3 is 5.97 Å². The van der Waals surface area contributed by atoms with Crippen molar-refractivity contribution in [2.24, 2.45) is 0 Å². The minimum atomic E-state index is -3.00. The Kier molecular flexibility index (Phi) is 5.14. The number of esters is 1. The van der Waals surface area contributed by atoms with E-state index in [-0.39, 0.29) is 24.7 Å². The highest BCUT2D eigenvalue weighted by molar-refractivity contribution is 7.91. The van der Waals surface area contributed by atoms with Crippen LogP contribution < -0.4 is 5.73 Å². The van der Waals surface area contributed by atoms with Crippen molar-refractivity contribution in [1.82, 2.24) is 9.78 Å². The number of ether oxygens (including phenoxy) is 1. The Hall–Kier alpha value is -1.57. The van der Waals surface area contributed by atoms with Gasteiger partial charge in [0.1, 0.15) is 22.2 Å². The van der Waals surface area contributed by atoms with Crippen LogP contribution >= 0.6 is 0 Å². The zero-order chi connectivity index (χ0) is 13.6. The van der Waals surface area contributed by atoms with Gasteiger partial charge in [0.25, 0.3) is 0 Å². The average molecular weight is 275 g/mol. The first-order valence-electron chi connectivity index (χ1n) is 5.58. The van der Waals surface area contributed by atoms with Gasteiger partial charge in [0.15, 0.2) is 0 Å². The summed E-state index contributed by atoms with van der Waals surface area (Å²) < 4.78 is 28.6. The summed E-state index contributed by atoms with van der Waals surface area (Å²) in [6.07, 6.45) is 1.88. The van der Waals surface area contributed by atoms with Gasteiger partial charge in [-0.1, -0.05) is 6.92 Å². The van der Waals surface area contributed by atoms with Gasteiger partial charge in [-0.3, -0.25) is 9.48 Å². The Bertz CT molecular complexity index is 495. The second kappa shape index (κ2) is 6.39. The number of sulfone groups is 1. The molecule has 0 saturated carbocycles. The zero-order valence-corrected chi connectivity index (χ0v) is 11.0. The van der Waals surface area contributed by atoms with Crippen LogP contribution in [0.5, 0.6) is 0 Å². The molecule has 8 heteroatoms. The van der Waals surface area contributed by atoms with E-state index in [1.807, 2.05) is 0 Å². The molecule has 0 aromatic carbocycles. The number of carbonyl (C=O) groups is 1. The molecule has 0 saturated heterocycles. The first kappa shape index (κ1) is 14.5. The Morgan fingerprint density at radius 2 is 2.28 bits per heavy atom. The zero-order valence-electron chi connectivity index (χ0n) is 10.2. The topological polar surface area (TPSA) is 104 Å². The molecule has 0 aliphatic heterocycles. The molecule has 0 aliphatic carbocycles. The molecule has 0 radical (unpaired) electrons. The number of aromatic nitrogens is 2. The molecular formula is C10H17N3O4S. The van der Waals surface area contributed by atoms with Crippen molar-refractivity contribution < 1.29 is 17.9 Å². The van der Waals surface area contributed by atoms with Crippen LogP contribution in [0.15, 0.2) is 12.3 Å². The van der Waals surface area contributed by atoms with E-state index < -0.39 is 15.8 Å². The minimum absolute atomic E-state index is 0.0300. The predicted molar refractivity (Wildman–Crippen MR) is 66.5 cm³/mol. The Labute approximate surface area is 106 Å².